The van der Waals surface area contributed by atoms with Crippen LogP contribution in [-0.4, -0.2) is 44.7 Å². The number of hydrogen-bond donors (Lipinski definition) is 1. The molecule has 1 saturated carbocycles. The predicted octanol–water partition coefficient (Wildman–Crippen LogP) is 1.75. The van der Waals surface area contributed by atoms with Gasteiger partial charge >= 0.3 is 0 Å². The van der Waals surface area contributed by atoms with E-state index in [2.05, 4.69) is 19.2 Å². The van der Waals surface area contributed by atoms with Crippen molar-refractivity contribution < 1.29 is 13.2 Å². The van der Waals surface area contributed by atoms with Crippen LogP contribution in [0, 0.1) is 5.92 Å². The van der Waals surface area contributed by atoms with E-state index < -0.39 is 9.84 Å². The molecule has 0 bridgehead atoms. The molecule has 0 aromatic rings. The van der Waals surface area contributed by atoms with Crippen molar-refractivity contribution in [2.24, 2.45) is 5.92 Å². The Balaban J connectivity index is 2.14. The van der Waals surface area contributed by atoms with Crippen molar-refractivity contribution in [1.82, 2.24) is 5.32 Å². The van der Waals surface area contributed by atoms with Gasteiger partial charge in [0.1, 0.15) is 0 Å². The Morgan fingerprint density at radius 2 is 1.84 bits per heavy atom. The zero-order valence-electron chi connectivity index (χ0n) is 12.1. The van der Waals surface area contributed by atoms with Crippen molar-refractivity contribution in [1.29, 1.82) is 0 Å². The molecule has 1 N–H and O–H groups in total. The lowest BCUT2D eigenvalue weighted by molar-refractivity contribution is 0.0979. The summed E-state index contributed by atoms with van der Waals surface area (Å²) in [5.74, 6) is 0.523. The summed E-state index contributed by atoms with van der Waals surface area (Å²) in [5, 5.41) is 3.01. The van der Waals surface area contributed by atoms with Crippen molar-refractivity contribution in [2.45, 2.75) is 62.5 Å². The minimum Gasteiger partial charge on any atom is -0.381 e. The first-order chi connectivity index (χ1) is 9.05. The van der Waals surface area contributed by atoms with Gasteiger partial charge in [-0.3, -0.25) is 0 Å². The van der Waals surface area contributed by atoms with E-state index in [1.807, 2.05) is 0 Å². The Hall–Kier alpha value is -0.130. The first-order valence-electron chi connectivity index (χ1n) is 7.59. The van der Waals surface area contributed by atoms with Crippen LogP contribution in [0.4, 0.5) is 0 Å². The molecule has 1 aliphatic heterocycles. The van der Waals surface area contributed by atoms with Gasteiger partial charge in [-0.05, 0) is 44.6 Å². The van der Waals surface area contributed by atoms with Crippen LogP contribution < -0.4 is 5.32 Å². The molecule has 1 aliphatic carbocycles. The largest absolute Gasteiger partial charge is 0.381 e. The van der Waals surface area contributed by atoms with Gasteiger partial charge in [0.2, 0.25) is 0 Å². The number of sulfone groups is 1. The number of ether oxygens (including phenoxy) is 1. The summed E-state index contributed by atoms with van der Waals surface area (Å²) < 4.78 is 31.0. The van der Waals surface area contributed by atoms with Crippen LogP contribution in [0.5, 0.6) is 0 Å². The second-order valence-corrected chi connectivity index (χ2v) is 8.47. The topological polar surface area (TPSA) is 55.4 Å². The Kier molecular flexibility index (Phi) is 5.26. The highest BCUT2D eigenvalue weighted by atomic mass is 32.2. The van der Waals surface area contributed by atoms with Crippen LogP contribution in [0.25, 0.3) is 0 Å². The summed E-state index contributed by atoms with van der Waals surface area (Å²) in [6.45, 7) is 6.26. The monoisotopic (exact) mass is 289 g/mol. The van der Waals surface area contributed by atoms with Gasteiger partial charge in [0.15, 0.2) is 9.84 Å². The van der Waals surface area contributed by atoms with Gasteiger partial charge < -0.3 is 10.1 Å². The molecule has 0 radical (unpaired) electrons. The van der Waals surface area contributed by atoms with Crippen molar-refractivity contribution >= 4 is 9.84 Å². The van der Waals surface area contributed by atoms with E-state index in [4.69, 9.17) is 4.74 Å². The van der Waals surface area contributed by atoms with Gasteiger partial charge in [-0.25, -0.2) is 8.42 Å². The van der Waals surface area contributed by atoms with E-state index in [1.54, 1.807) is 0 Å². The second-order valence-electron chi connectivity index (χ2n) is 6.02. The third kappa shape index (κ3) is 3.50. The molecule has 1 saturated heterocycles. The van der Waals surface area contributed by atoms with Crippen LogP contribution in [0.3, 0.4) is 0 Å². The minimum absolute atomic E-state index is 0.147. The SMILES string of the molecule is CCNC1CCC(C)CC1S(=O)(=O)C1CCOCC1. The molecule has 2 fully saturated rings. The molecular weight excluding hydrogens is 262 g/mol. The average molecular weight is 289 g/mol. The third-order valence-corrected chi connectivity index (χ3v) is 7.34. The van der Waals surface area contributed by atoms with Crippen LogP contribution in [0.1, 0.15) is 46.0 Å². The molecule has 19 heavy (non-hydrogen) atoms. The molecule has 112 valence electrons. The van der Waals surface area contributed by atoms with Crippen molar-refractivity contribution in [3.8, 4) is 0 Å². The molecular formula is C14H27NO3S. The quantitative estimate of drug-likeness (QED) is 0.856. The van der Waals surface area contributed by atoms with E-state index in [0.29, 0.717) is 32.0 Å². The highest BCUT2D eigenvalue weighted by Crippen LogP contribution is 2.33. The summed E-state index contributed by atoms with van der Waals surface area (Å²) in [7, 11) is -3.03. The van der Waals surface area contributed by atoms with Gasteiger partial charge in [0, 0.05) is 19.3 Å². The van der Waals surface area contributed by atoms with E-state index in [1.165, 1.54) is 0 Å². The van der Waals surface area contributed by atoms with Crippen molar-refractivity contribution in [3.05, 3.63) is 0 Å². The summed E-state index contributed by atoms with van der Waals surface area (Å²) in [6, 6.07) is 0.147. The predicted molar refractivity (Wildman–Crippen MR) is 77.0 cm³/mol. The molecule has 3 unspecified atom stereocenters. The van der Waals surface area contributed by atoms with Crippen molar-refractivity contribution in [3.63, 3.8) is 0 Å². The first kappa shape index (κ1) is 15.3. The fraction of sp³-hybridized carbons (Fsp3) is 1.00. The van der Waals surface area contributed by atoms with Crippen LogP contribution >= 0.6 is 0 Å². The van der Waals surface area contributed by atoms with Gasteiger partial charge in [-0.2, -0.15) is 0 Å². The zero-order chi connectivity index (χ0) is 13.9. The Bertz CT molecular complexity index is 376. The average Bonchev–Trinajstić information content (AvgIpc) is 2.42. The van der Waals surface area contributed by atoms with Crippen LogP contribution in [0.2, 0.25) is 0 Å². The molecule has 0 aromatic carbocycles. The summed E-state index contributed by atoms with van der Waals surface area (Å²) in [4.78, 5) is 0. The lowest BCUT2D eigenvalue weighted by Crippen LogP contribution is -2.51. The highest BCUT2D eigenvalue weighted by molar-refractivity contribution is 7.92. The highest BCUT2D eigenvalue weighted by Gasteiger charge is 2.41. The number of hydrogen-bond acceptors (Lipinski definition) is 4. The Morgan fingerprint density at radius 1 is 1.16 bits per heavy atom. The van der Waals surface area contributed by atoms with Crippen molar-refractivity contribution in [2.75, 3.05) is 19.8 Å². The maximum atomic E-state index is 12.9. The molecule has 0 aromatic heterocycles. The molecule has 5 heteroatoms. The van der Waals surface area contributed by atoms with Crippen LogP contribution in [0.15, 0.2) is 0 Å². The maximum Gasteiger partial charge on any atom is 0.157 e. The van der Waals surface area contributed by atoms with E-state index >= 15 is 0 Å². The van der Waals surface area contributed by atoms with E-state index in [9.17, 15) is 8.42 Å². The van der Waals surface area contributed by atoms with Gasteiger partial charge in [-0.15, -0.1) is 0 Å². The third-order valence-electron chi connectivity index (χ3n) is 4.58. The molecule has 2 rings (SSSR count). The van der Waals surface area contributed by atoms with E-state index in [0.717, 1.165) is 25.8 Å². The summed E-state index contributed by atoms with van der Waals surface area (Å²) in [6.07, 6.45) is 4.29. The lowest BCUT2D eigenvalue weighted by atomic mass is 9.87. The Labute approximate surface area is 117 Å². The summed E-state index contributed by atoms with van der Waals surface area (Å²) >= 11 is 0. The van der Waals surface area contributed by atoms with E-state index in [-0.39, 0.29) is 16.5 Å². The summed E-state index contributed by atoms with van der Waals surface area (Å²) in [5.41, 5.74) is 0. The van der Waals surface area contributed by atoms with Gasteiger partial charge in [-0.1, -0.05) is 13.8 Å². The van der Waals surface area contributed by atoms with Gasteiger partial charge in [0.05, 0.1) is 10.5 Å². The molecule has 1 heterocycles. The van der Waals surface area contributed by atoms with Gasteiger partial charge in [0.25, 0.3) is 0 Å². The smallest absolute Gasteiger partial charge is 0.157 e. The molecule has 2 aliphatic rings. The maximum absolute atomic E-state index is 12.9. The lowest BCUT2D eigenvalue weighted by Gasteiger charge is -2.37. The molecule has 0 spiro atoms. The minimum atomic E-state index is -3.03. The van der Waals surface area contributed by atoms with Crippen LogP contribution in [-0.2, 0) is 14.6 Å². The Morgan fingerprint density at radius 3 is 2.47 bits per heavy atom. The zero-order valence-corrected chi connectivity index (χ0v) is 12.9. The molecule has 4 nitrogen and oxygen atoms in total. The fourth-order valence-electron chi connectivity index (χ4n) is 3.44. The number of nitrogens with one attached hydrogen (secondary N) is 1. The molecule has 3 atom stereocenters. The normalized spacial score (nSPS) is 34.3. The standard InChI is InChI=1S/C14H27NO3S/c1-3-15-13-5-4-11(2)10-14(13)19(16,17)12-6-8-18-9-7-12/h11-15H,3-10H2,1-2H3. The number of rotatable bonds is 4. The second kappa shape index (κ2) is 6.55. The molecule has 0 amide bonds. The fourth-order valence-corrected chi connectivity index (χ4v) is 6.07. The first-order valence-corrected chi connectivity index (χ1v) is 9.20.